The van der Waals surface area contributed by atoms with Gasteiger partial charge in [-0.15, -0.1) is 23.2 Å². The fourth-order valence-electron chi connectivity index (χ4n) is 8.44. The number of carbonyl (C=O) groups excluding carboxylic acids is 5. The second kappa shape index (κ2) is 12.8. The van der Waals surface area contributed by atoms with E-state index in [0.29, 0.717) is 10.0 Å². The van der Waals surface area contributed by atoms with E-state index in [1.807, 2.05) is 0 Å². The molecule has 6 atom stereocenters. The lowest BCUT2D eigenvalue weighted by Gasteiger charge is -2.50. The third kappa shape index (κ3) is 5.03. The Hall–Kier alpha value is -4.92. The SMILES string of the molecule is O=C(c1ccccc1)c1ccc(N2C(=O)C3CC=C4C(CC5(Cl)C(=O)N(c6c(F)c(F)c(F)c(F)c6F)C(=O)C5(Cl)C4c4cc(Br)ccc4O)C3C2=O)cc1. The van der Waals surface area contributed by atoms with Crippen LogP contribution in [0.15, 0.2) is 88.9 Å². The van der Waals surface area contributed by atoms with E-state index in [1.54, 1.807) is 30.3 Å². The maximum absolute atomic E-state index is 15.3. The topological polar surface area (TPSA) is 112 Å². The molecule has 0 radical (unpaired) electrons. The number of amides is 4. The zero-order valence-corrected chi connectivity index (χ0v) is 30.7. The van der Waals surface area contributed by atoms with Gasteiger partial charge in [0, 0.05) is 27.1 Å². The lowest BCUT2D eigenvalue weighted by atomic mass is 9.56. The van der Waals surface area contributed by atoms with Gasteiger partial charge in [0.15, 0.2) is 38.8 Å². The van der Waals surface area contributed by atoms with Crippen molar-refractivity contribution >= 4 is 79.9 Å². The molecule has 6 unspecified atom stereocenters. The first-order valence-electron chi connectivity index (χ1n) is 16.6. The van der Waals surface area contributed by atoms with Crippen LogP contribution in [0.25, 0.3) is 0 Å². The molecule has 8 rings (SSSR count). The molecule has 1 saturated carbocycles. The summed E-state index contributed by atoms with van der Waals surface area (Å²) in [4.78, 5) is 65.3. The maximum Gasteiger partial charge on any atom is 0.258 e. The van der Waals surface area contributed by atoms with Crippen molar-refractivity contribution in [1.29, 1.82) is 0 Å². The van der Waals surface area contributed by atoms with Crippen LogP contribution in [0.5, 0.6) is 5.75 Å². The van der Waals surface area contributed by atoms with Gasteiger partial charge in [0.05, 0.1) is 17.5 Å². The van der Waals surface area contributed by atoms with E-state index < -0.39 is 104 Å². The number of phenolic OH excluding ortho intramolecular Hbond substituents is 1. The number of imide groups is 2. The Kier molecular flexibility index (Phi) is 8.63. The number of rotatable bonds is 5. The number of alkyl halides is 2. The van der Waals surface area contributed by atoms with Crippen molar-refractivity contribution in [2.24, 2.45) is 17.8 Å². The molecule has 1 N–H and O–H groups in total. The lowest BCUT2D eigenvalue weighted by molar-refractivity contribution is -0.125. The van der Waals surface area contributed by atoms with Crippen LogP contribution in [0.1, 0.15) is 40.2 Å². The molecule has 2 heterocycles. The molecule has 280 valence electrons. The normalized spacial score (nSPS) is 27.2. The molecule has 2 aliphatic carbocycles. The third-order valence-corrected chi connectivity index (χ3v) is 12.9. The molecule has 4 amide bonds. The van der Waals surface area contributed by atoms with Crippen LogP contribution in [-0.2, 0) is 19.2 Å². The van der Waals surface area contributed by atoms with Gasteiger partial charge in [0.1, 0.15) is 11.4 Å². The highest BCUT2D eigenvalue weighted by atomic mass is 79.9. The van der Waals surface area contributed by atoms with Gasteiger partial charge in [-0.25, -0.2) is 26.9 Å². The molecular weight excluding hydrogens is 838 g/mol. The number of allylic oxidation sites excluding steroid dienone is 2. The van der Waals surface area contributed by atoms with Crippen LogP contribution >= 0.6 is 39.1 Å². The predicted octanol–water partition coefficient (Wildman–Crippen LogP) is 7.85. The predicted molar refractivity (Wildman–Crippen MR) is 191 cm³/mol. The molecule has 0 spiro atoms. The summed E-state index contributed by atoms with van der Waals surface area (Å²) in [7, 11) is 0. The minimum atomic E-state index is -2.79. The lowest BCUT2D eigenvalue weighted by Crippen LogP contribution is -2.60. The number of anilines is 2. The van der Waals surface area contributed by atoms with Gasteiger partial charge in [-0.1, -0.05) is 57.9 Å². The molecule has 0 bridgehead atoms. The molecule has 2 aliphatic heterocycles. The minimum Gasteiger partial charge on any atom is -0.508 e. The number of benzene rings is 4. The van der Waals surface area contributed by atoms with E-state index in [1.165, 1.54) is 48.5 Å². The van der Waals surface area contributed by atoms with Crippen LogP contribution in [-0.4, -0.2) is 44.3 Å². The minimum absolute atomic E-state index is 0.0981. The summed E-state index contributed by atoms with van der Waals surface area (Å²) in [5.74, 6) is -23.0. The summed E-state index contributed by atoms with van der Waals surface area (Å²) in [5.41, 5.74) is -1.03. The number of hydrogen-bond acceptors (Lipinski definition) is 6. The smallest absolute Gasteiger partial charge is 0.258 e. The Morgan fingerprint density at radius 3 is 1.98 bits per heavy atom. The molecule has 0 aromatic heterocycles. The van der Waals surface area contributed by atoms with E-state index in [0.717, 1.165) is 4.90 Å². The van der Waals surface area contributed by atoms with Crippen molar-refractivity contribution in [3.8, 4) is 5.75 Å². The van der Waals surface area contributed by atoms with Crippen molar-refractivity contribution in [2.75, 3.05) is 9.80 Å². The average molecular weight is 860 g/mol. The number of fused-ring (bicyclic) bond motifs is 4. The van der Waals surface area contributed by atoms with Gasteiger partial charge in [-0.2, -0.15) is 0 Å². The summed E-state index contributed by atoms with van der Waals surface area (Å²) in [6.45, 7) is 0. The van der Waals surface area contributed by atoms with Gasteiger partial charge in [0.25, 0.3) is 11.8 Å². The van der Waals surface area contributed by atoms with Gasteiger partial charge in [-0.05, 0) is 61.2 Å². The molecular formula is C39H22BrCl2F5N2O6. The number of aromatic hydroxyl groups is 1. The van der Waals surface area contributed by atoms with E-state index >= 15 is 8.78 Å². The van der Waals surface area contributed by atoms with Crippen molar-refractivity contribution in [2.45, 2.75) is 28.5 Å². The molecule has 55 heavy (non-hydrogen) atoms. The summed E-state index contributed by atoms with van der Waals surface area (Å²) < 4.78 is 73.9. The summed E-state index contributed by atoms with van der Waals surface area (Å²) in [6.07, 6.45) is 0.718. The molecule has 16 heteroatoms. The Labute approximate surface area is 326 Å². The van der Waals surface area contributed by atoms with Gasteiger partial charge in [0.2, 0.25) is 17.6 Å². The second-order valence-electron chi connectivity index (χ2n) is 13.6. The van der Waals surface area contributed by atoms with E-state index in [2.05, 4.69) is 15.9 Å². The highest BCUT2D eigenvalue weighted by molar-refractivity contribution is 9.10. The second-order valence-corrected chi connectivity index (χ2v) is 15.8. The fourth-order valence-corrected chi connectivity index (χ4v) is 9.75. The highest BCUT2D eigenvalue weighted by Gasteiger charge is 2.77. The van der Waals surface area contributed by atoms with Gasteiger partial charge >= 0.3 is 0 Å². The fraction of sp³-hybridized carbons (Fsp3) is 0.205. The molecule has 3 fully saturated rings. The van der Waals surface area contributed by atoms with E-state index in [9.17, 15) is 42.3 Å². The van der Waals surface area contributed by atoms with Crippen molar-refractivity contribution < 1.29 is 51.0 Å². The molecule has 4 aliphatic rings. The zero-order valence-electron chi connectivity index (χ0n) is 27.6. The van der Waals surface area contributed by atoms with Crippen LogP contribution in [0.3, 0.4) is 0 Å². The Bertz CT molecular complexity index is 2420. The largest absolute Gasteiger partial charge is 0.508 e. The molecule has 8 nitrogen and oxygen atoms in total. The number of ketones is 1. The molecule has 4 aromatic carbocycles. The Morgan fingerprint density at radius 1 is 0.745 bits per heavy atom. The summed E-state index contributed by atoms with van der Waals surface area (Å²) in [6, 6.07) is 18.2. The first-order chi connectivity index (χ1) is 26.0. The number of halogens is 8. The van der Waals surface area contributed by atoms with Crippen LogP contribution in [0.2, 0.25) is 0 Å². The third-order valence-electron chi connectivity index (χ3n) is 10.9. The first-order valence-corrected chi connectivity index (χ1v) is 18.1. The van der Waals surface area contributed by atoms with Gasteiger partial charge in [-0.3, -0.25) is 28.9 Å². The molecule has 4 aromatic rings. The number of hydrogen-bond donors (Lipinski definition) is 1. The van der Waals surface area contributed by atoms with Crippen molar-refractivity contribution in [3.05, 3.63) is 135 Å². The van der Waals surface area contributed by atoms with Crippen LogP contribution < -0.4 is 9.80 Å². The Morgan fingerprint density at radius 2 is 1.35 bits per heavy atom. The number of phenols is 1. The van der Waals surface area contributed by atoms with Crippen molar-refractivity contribution in [1.82, 2.24) is 0 Å². The highest BCUT2D eigenvalue weighted by Crippen LogP contribution is 2.67. The van der Waals surface area contributed by atoms with E-state index in [4.69, 9.17) is 23.2 Å². The monoisotopic (exact) mass is 858 g/mol. The summed E-state index contributed by atoms with van der Waals surface area (Å²) in [5, 5.41) is 11.2. The van der Waals surface area contributed by atoms with Crippen molar-refractivity contribution in [3.63, 3.8) is 0 Å². The standard InChI is InChI=1S/C39H22BrCl2F5N2O6/c40-18-8-13-24(50)22(14-18)26-20-11-12-21-25(35(53)48(34(21)52)19-9-6-17(7-10-19)33(51)16-4-2-1-3-5-16)23(20)15-38(41)36(54)49(37(55)39(26,38)42)32-30(46)28(44)27(43)29(45)31(32)47/h1-11,13-14,21,23,25-26,50H,12,15H2. The average Bonchev–Trinajstić information content (AvgIpc) is 3.52. The van der Waals surface area contributed by atoms with Gasteiger partial charge < -0.3 is 5.11 Å². The summed E-state index contributed by atoms with van der Waals surface area (Å²) >= 11 is 17.5. The quantitative estimate of drug-likeness (QED) is 0.0417. The zero-order chi connectivity index (χ0) is 39.5. The Balaban J connectivity index is 1.24. The first kappa shape index (κ1) is 37.0. The van der Waals surface area contributed by atoms with Crippen LogP contribution in [0, 0.1) is 46.8 Å². The molecule has 2 saturated heterocycles. The van der Waals surface area contributed by atoms with Crippen LogP contribution in [0.4, 0.5) is 33.3 Å². The number of carbonyl (C=O) groups is 5. The maximum atomic E-state index is 15.3. The van der Waals surface area contributed by atoms with E-state index in [-0.39, 0.29) is 39.5 Å². The number of nitrogens with zero attached hydrogens (tertiary/aromatic N) is 2.